The quantitative estimate of drug-likeness (QED) is 0.640. The van der Waals surface area contributed by atoms with Crippen LogP contribution >= 0.6 is 0 Å². The fourth-order valence-electron chi connectivity index (χ4n) is 3.52. The summed E-state index contributed by atoms with van der Waals surface area (Å²) in [6, 6.07) is 3.05. The standard InChI is InChI=1S/C18H23F3N4O4S/c1-13(2)25-16(26)11-23(17(25)27)12-22-6-8-24(9-7-22)30(28,29)15-5-3-4-14(10-15)18(19,20)21/h3-5,10,13H,6-9,11-12H2,1-2H3. The molecule has 2 saturated heterocycles. The molecule has 0 atom stereocenters. The van der Waals surface area contributed by atoms with Gasteiger partial charge in [0.15, 0.2) is 0 Å². The normalized spacial score (nSPS) is 19.9. The topological polar surface area (TPSA) is 81.2 Å². The molecule has 166 valence electrons. The largest absolute Gasteiger partial charge is 0.416 e. The molecule has 0 spiro atoms. The summed E-state index contributed by atoms with van der Waals surface area (Å²) in [7, 11) is -4.07. The van der Waals surface area contributed by atoms with Crippen LogP contribution in [0, 0.1) is 0 Å². The molecule has 3 amide bonds. The molecule has 0 aromatic heterocycles. The van der Waals surface area contributed by atoms with E-state index in [0.717, 1.165) is 22.5 Å². The molecular formula is C18H23F3N4O4S. The Morgan fingerprint density at radius 2 is 1.70 bits per heavy atom. The van der Waals surface area contributed by atoms with Gasteiger partial charge in [-0.15, -0.1) is 0 Å². The first kappa shape index (κ1) is 22.5. The first-order chi connectivity index (χ1) is 13.9. The van der Waals surface area contributed by atoms with Crippen molar-refractivity contribution in [3.8, 4) is 0 Å². The number of amides is 3. The second-order valence-electron chi connectivity index (χ2n) is 7.53. The molecule has 0 bridgehead atoms. The Kier molecular flexibility index (Phi) is 6.12. The van der Waals surface area contributed by atoms with Crippen LogP contribution in [0.1, 0.15) is 19.4 Å². The molecule has 2 heterocycles. The van der Waals surface area contributed by atoms with Gasteiger partial charge in [0.2, 0.25) is 10.0 Å². The van der Waals surface area contributed by atoms with Crippen LogP contribution in [-0.2, 0) is 21.0 Å². The summed E-state index contributed by atoms with van der Waals surface area (Å²) < 4.78 is 65.4. The minimum Gasteiger partial charge on any atom is -0.302 e. The maximum Gasteiger partial charge on any atom is 0.416 e. The highest BCUT2D eigenvalue weighted by Crippen LogP contribution is 2.31. The van der Waals surface area contributed by atoms with Gasteiger partial charge in [-0.2, -0.15) is 17.5 Å². The van der Waals surface area contributed by atoms with E-state index in [-0.39, 0.29) is 57.4 Å². The van der Waals surface area contributed by atoms with Gasteiger partial charge in [-0.3, -0.25) is 14.6 Å². The van der Waals surface area contributed by atoms with E-state index < -0.39 is 26.7 Å². The summed E-state index contributed by atoms with van der Waals surface area (Å²) in [4.78, 5) is 28.4. The molecule has 0 radical (unpaired) electrons. The lowest BCUT2D eigenvalue weighted by Gasteiger charge is -2.35. The lowest BCUT2D eigenvalue weighted by Crippen LogP contribution is -2.52. The van der Waals surface area contributed by atoms with Crippen LogP contribution in [-0.4, -0.2) is 84.8 Å². The number of hydrogen-bond acceptors (Lipinski definition) is 5. The van der Waals surface area contributed by atoms with Gasteiger partial charge >= 0.3 is 12.2 Å². The Balaban J connectivity index is 1.63. The first-order valence-electron chi connectivity index (χ1n) is 9.42. The van der Waals surface area contributed by atoms with Crippen molar-refractivity contribution in [2.45, 2.75) is 31.0 Å². The number of urea groups is 1. The van der Waals surface area contributed by atoms with E-state index in [0.29, 0.717) is 6.07 Å². The summed E-state index contributed by atoms with van der Waals surface area (Å²) in [5.41, 5.74) is -1.02. The highest BCUT2D eigenvalue weighted by molar-refractivity contribution is 7.89. The molecule has 30 heavy (non-hydrogen) atoms. The Labute approximate surface area is 172 Å². The van der Waals surface area contributed by atoms with E-state index in [1.54, 1.807) is 13.8 Å². The van der Waals surface area contributed by atoms with E-state index >= 15 is 0 Å². The number of benzene rings is 1. The molecule has 0 saturated carbocycles. The van der Waals surface area contributed by atoms with Crippen molar-refractivity contribution in [1.82, 2.24) is 19.0 Å². The molecule has 3 rings (SSSR count). The fourth-order valence-corrected chi connectivity index (χ4v) is 4.99. The first-order valence-corrected chi connectivity index (χ1v) is 10.9. The molecule has 1 aromatic carbocycles. The van der Waals surface area contributed by atoms with Crippen LogP contribution in [0.3, 0.4) is 0 Å². The van der Waals surface area contributed by atoms with Crippen LogP contribution in [0.2, 0.25) is 0 Å². The number of rotatable bonds is 5. The number of carbonyl (C=O) groups excluding carboxylic acids is 2. The maximum absolute atomic E-state index is 12.9. The van der Waals surface area contributed by atoms with Gasteiger partial charge in [0, 0.05) is 32.2 Å². The number of piperazine rings is 1. The number of imide groups is 1. The number of alkyl halides is 3. The van der Waals surface area contributed by atoms with Gasteiger partial charge in [-0.25, -0.2) is 13.2 Å². The Hall–Kier alpha value is -2.18. The number of sulfonamides is 1. The van der Waals surface area contributed by atoms with Crippen molar-refractivity contribution < 1.29 is 31.2 Å². The zero-order valence-electron chi connectivity index (χ0n) is 16.6. The van der Waals surface area contributed by atoms with Crippen molar-refractivity contribution in [3.63, 3.8) is 0 Å². The molecule has 0 unspecified atom stereocenters. The van der Waals surface area contributed by atoms with Gasteiger partial charge in [0.1, 0.15) is 6.54 Å². The van der Waals surface area contributed by atoms with E-state index in [4.69, 9.17) is 0 Å². The molecule has 2 fully saturated rings. The van der Waals surface area contributed by atoms with Gasteiger partial charge < -0.3 is 4.90 Å². The Bertz CT molecular complexity index is 928. The average molecular weight is 448 g/mol. The van der Waals surface area contributed by atoms with Crippen molar-refractivity contribution >= 4 is 22.0 Å². The van der Waals surface area contributed by atoms with Crippen LogP contribution < -0.4 is 0 Å². The highest BCUT2D eigenvalue weighted by Gasteiger charge is 2.39. The van der Waals surface area contributed by atoms with Crippen LogP contribution in [0.25, 0.3) is 0 Å². The molecular weight excluding hydrogens is 425 g/mol. The van der Waals surface area contributed by atoms with Gasteiger partial charge in [0.05, 0.1) is 17.1 Å². The number of nitrogens with zero attached hydrogens (tertiary/aromatic N) is 4. The summed E-state index contributed by atoms with van der Waals surface area (Å²) in [5.74, 6) is -0.277. The SMILES string of the molecule is CC(C)N1C(=O)CN(CN2CCN(S(=O)(=O)c3cccc(C(F)(F)F)c3)CC2)C1=O. The monoisotopic (exact) mass is 448 g/mol. The summed E-state index contributed by atoms with van der Waals surface area (Å²) >= 11 is 0. The third-order valence-electron chi connectivity index (χ3n) is 5.09. The Morgan fingerprint density at radius 3 is 2.23 bits per heavy atom. The predicted octanol–water partition coefficient (Wildman–Crippen LogP) is 1.64. The van der Waals surface area contributed by atoms with Crippen molar-refractivity contribution in [3.05, 3.63) is 29.8 Å². The zero-order valence-corrected chi connectivity index (χ0v) is 17.4. The lowest BCUT2D eigenvalue weighted by molar-refractivity contribution is -0.137. The van der Waals surface area contributed by atoms with Gasteiger partial charge in [-0.05, 0) is 32.0 Å². The number of hydrogen-bond donors (Lipinski definition) is 0. The van der Waals surface area contributed by atoms with E-state index in [1.807, 2.05) is 4.90 Å². The second-order valence-corrected chi connectivity index (χ2v) is 9.47. The highest BCUT2D eigenvalue weighted by atomic mass is 32.2. The van der Waals surface area contributed by atoms with Gasteiger partial charge in [0.25, 0.3) is 5.91 Å². The van der Waals surface area contributed by atoms with E-state index in [1.165, 1.54) is 9.80 Å². The fraction of sp³-hybridized carbons (Fsp3) is 0.556. The summed E-state index contributed by atoms with van der Waals surface area (Å²) in [6.07, 6.45) is -4.63. The zero-order chi connectivity index (χ0) is 22.3. The van der Waals surface area contributed by atoms with Crippen LogP contribution in [0.4, 0.5) is 18.0 Å². The number of carbonyl (C=O) groups is 2. The summed E-state index contributed by atoms with van der Waals surface area (Å²) in [6.45, 7) is 4.37. The van der Waals surface area contributed by atoms with Crippen molar-refractivity contribution in [2.75, 3.05) is 39.4 Å². The predicted molar refractivity (Wildman–Crippen MR) is 101 cm³/mol. The smallest absolute Gasteiger partial charge is 0.302 e. The van der Waals surface area contributed by atoms with Crippen molar-refractivity contribution in [2.24, 2.45) is 0 Å². The third-order valence-corrected chi connectivity index (χ3v) is 6.98. The number of halogens is 3. The molecule has 0 N–H and O–H groups in total. The van der Waals surface area contributed by atoms with E-state index in [2.05, 4.69) is 0 Å². The molecule has 8 nitrogen and oxygen atoms in total. The van der Waals surface area contributed by atoms with Crippen LogP contribution in [0.5, 0.6) is 0 Å². The molecule has 2 aliphatic rings. The van der Waals surface area contributed by atoms with E-state index in [9.17, 15) is 31.2 Å². The minimum atomic E-state index is -4.63. The maximum atomic E-state index is 12.9. The third kappa shape index (κ3) is 4.44. The average Bonchev–Trinajstić information content (AvgIpc) is 2.95. The minimum absolute atomic E-state index is 0.0280. The molecule has 2 aliphatic heterocycles. The molecule has 1 aromatic rings. The second kappa shape index (κ2) is 8.16. The Morgan fingerprint density at radius 1 is 1.07 bits per heavy atom. The summed E-state index contributed by atoms with van der Waals surface area (Å²) in [5, 5.41) is 0. The lowest BCUT2D eigenvalue weighted by atomic mass is 10.2. The van der Waals surface area contributed by atoms with Crippen LogP contribution in [0.15, 0.2) is 29.2 Å². The van der Waals surface area contributed by atoms with Gasteiger partial charge in [-0.1, -0.05) is 6.07 Å². The molecule has 12 heteroatoms. The molecule has 0 aliphatic carbocycles. The van der Waals surface area contributed by atoms with Crippen molar-refractivity contribution in [1.29, 1.82) is 0 Å².